The topological polar surface area (TPSA) is 59.8 Å². The third kappa shape index (κ3) is 3.78. The molecule has 23 heavy (non-hydrogen) atoms. The second kappa shape index (κ2) is 6.93. The molecule has 0 aliphatic heterocycles. The smallest absolute Gasteiger partial charge is 0.250 e. The van der Waals surface area contributed by atoms with E-state index in [-0.39, 0.29) is 11.9 Å². The summed E-state index contributed by atoms with van der Waals surface area (Å²) in [5, 5.41) is 8.21. The van der Waals surface area contributed by atoms with Gasteiger partial charge in [0.25, 0.3) is 5.91 Å². The third-order valence-electron chi connectivity index (χ3n) is 3.41. The normalized spacial score (nSPS) is 12.1. The molecule has 0 fully saturated rings. The number of aromatic nitrogens is 3. The first kappa shape index (κ1) is 15.7. The summed E-state index contributed by atoms with van der Waals surface area (Å²) >= 11 is 7.62. The predicted octanol–water partition coefficient (Wildman–Crippen LogP) is 3.78. The van der Waals surface area contributed by atoms with Gasteiger partial charge in [0.15, 0.2) is 5.13 Å². The monoisotopic (exact) mass is 346 g/mol. The second-order valence-corrected chi connectivity index (χ2v) is 6.57. The minimum atomic E-state index is -0.388. The molecule has 0 spiro atoms. The van der Waals surface area contributed by atoms with E-state index in [0.717, 1.165) is 15.5 Å². The average molecular weight is 347 g/mol. The molecule has 0 saturated heterocycles. The van der Waals surface area contributed by atoms with Crippen LogP contribution in [-0.2, 0) is 11.2 Å². The van der Waals surface area contributed by atoms with Gasteiger partial charge < -0.3 is 5.32 Å². The molecule has 1 unspecified atom stereocenters. The maximum atomic E-state index is 12.2. The molecule has 0 saturated carbocycles. The number of rotatable bonds is 5. The standard InChI is InChI=1S/C16H15ClN4OS/c1-11(21-8-4-7-19-21)15(22)20-16-18-10-13(23-16)9-12-5-2-3-6-14(12)17/h2-8,10-11H,9H2,1H3,(H,18,20,22). The van der Waals surface area contributed by atoms with Crippen LogP contribution in [0.1, 0.15) is 23.4 Å². The van der Waals surface area contributed by atoms with Crippen LogP contribution in [0.4, 0.5) is 5.13 Å². The number of nitrogens with zero attached hydrogens (tertiary/aromatic N) is 3. The van der Waals surface area contributed by atoms with Crippen LogP contribution in [0.25, 0.3) is 0 Å². The number of carbonyl (C=O) groups is 1. The highest BCUT2D eigenvalue weighted by Gasteiger charge is 2.16. The fourth-order valence-electron chi connectivity index (χ4n) is 2.12. The summed E-state index contributed by atoms with van der Waals surface area (Å²) in [5.41, 5.74) is 1.04. The molecule has 3 aromatic rings. The lowest BCUT2D eigenvalue weighted by Crippen LogP contribution is -2.23. The van der Waals surface area contributed by atoms with Crippen LogP contribution in [0.15, 0.2) is 48.9 Å². The van der Waals surface area contributed by atoms with Crippen molar-refractivity contribution in [1.82, 2.24) is 14.8 Å². The summed E-state index contributed by atoms with van der Waals surface area (Å²) in [6, 6.07) is 9.11. The molecule has 0 aliphatic rings. The maximum absolute atomic E-state index is 12.2. The van der Waals surface area contributed by atoms with E-state index in [4.69, 9.17) is 11.6 Å². The van der Waals surface area contributed by atoms with E-state index in [2.05, 4.69) is 15.4 Å². The molecule has 118 valence electrons. The van der Waals surface area contributed by atoms with E-state index in [9.17, 15) is 4.79 Å². The molecule has 5 nitrogen and oxygen atoms in total. The van der Waals surface area contributed by atoms with Crippen molar-refractivity contribution < 1.29 is 4.79 Å². The van der Waals surface area contributed by atoms with Crippen molar-refractivity contribution in [3.8, 4) is 0 Å². The van der Waals surface area contributed by atoms with Crippen LogP contribution in [-0.4, -0.2) is 20.7 Å². The molecule has 1 amide bonds. The number of amides is 1. The highest BCUT2D eigenvalue weighted by atomic mass is 35.5. The summed E-state index contributed by atoms with van der Waals surface area (Å²) in [6.45, 7) is 1.79. The number of halogens is 1. The van der Waals surface area contributed by atoms with Crippen molar-refractivity contribution in [2.24, 2.45) is 0 Å². The second-order valence-electron chi connectivity index (χ2n) is 5.05. The number of nitrogens with one attached hydrogen (secondary N) is 1. The van der Waals surface area contributed by atoms with Crippen LogP contribution in [0.2, 0.25) is 5.02 Å². The molecule has 7 heteroatoms. The van der Waals surface area contributed by atoms with Gasteiger partial charge in [-0.1, -0.05) is 29.8 Å². The van der Waals surface area contributed by atoms with Crippen LogP contribution in [0, 0.1) is 0 Å². The van der Waals surface area contributed by atoms with E-state index in [1.807, 2.05) is 24.3 Å². The summed E-state index contributed by atoms with van der Waals surface area (Å²) in [7, 11) is 0. The third-order valence-corrected chi connectivity index (χ3v) is 4.69. The highest BCUT2D eigenvalue weighted by molar-refractivity contribution is 7.15. The van der Waals surface area contributed by atoms with Crippen molar-refractivity contribution in [3.63, 3.8) is 0 Å². The fraction of sp³-hybridized carbons (Fsp3) is 0.188. The van der Waals surface area contributed by atoms with Gasteiger partial charge in [-0.25, -0.2) is 4.98 Å². The van der Waals surface area contributed by atoms with Crippen molar-refractivity contribution in [1.29, 1.82) is 0 Å². The summed E-state index contributed by atoms with van der Waals surface area (Å²) in [5.74, 6) is -0.146. The molecule has 1 N–H and O–H groups in total. The zero-order valence-electron chi connectivity index (χ0n) is 12.4. The van der Waals surface area contributed by atoms with E-state index in [1.165, 1.54) is 11.3 Å². The first-order valence-corrected chi connectivity index (χ1v) is 8.31. The molecular weight excluding hydrogens is 332 g/mol. The van der Waals surface area contributed by atoms with E-state index in [1.54, 1.807) is 36.3 Å². The quantitative estimate of drug-likeness (QED) is 0.764. The van der Waals surface area contributed by atoms with Gasteiger partial charge in [0, 0.05) is 34.9 Å². The van der Waals surface area contributed by atoms with Crippen LogP contribution in [0.3, 0.4) is 0 Å². The predicted molar refractivity (Wildman–Crippen MR) is 91.9 cm³/mol. The van der Waals surface area contributed by atoms with Crippen molar-refractivity contribution in [2.75, 3.05) is 5.32 Å². The Hall–Kier alpha value is -2.18. The zero-order chi connectivity index (χ0) is 16.2. The number of hydrogen-bond acceptors (Lipinski definition) is 4. The zero-order valence-corrected chi connectivity index (χ0v) is 14.0. The van der Waals surface area contributed by atoms with Crippen molar-refractivity contribution in [3.05, 3.63) is 64.4 Å². The van der Waals surface area contributed by atoms with Gasteiger partial charge in [-0.15, -0.1) is 11.3 Å². The Morgan fingerprint density at radius 3 is 2.96 bits per heavy atom. The molecule has 1 aromatic carbocycles. The maximum Gasteiger partial charge on any atom is 0.250 e. The van der Waals surface area contributed by atoms with E-state index >= 15 is 0 Å². The van der Waals surface area contributed by atoms with Gasteiger partial charge in [-0.3, -0.25) is 9.48 Å². The lowest BCUT2D eigenvalue weighted by molar-refractivity contribution is -0.119. The van der Waals surface area contributed by atoms with Gasteiger partial charge in [0.2, 0.25) is 0 Å². The molecule has 0 aliphatic carbocycles. The Kier molecular flexibility index (Phi) is 4.73. The minimum absolute atomic E-state index is 0.146. The Bertz CT molecular complexity index is 800. The van der Waals surface area contributed by atoms with Crippen molar-refractivity contribution >= 4 is 34.0 Å². The molecular formula is C16H15ClN4OS. The largest absolute Gasteiger partial charge is 0.300 e. The molecule has 0 bridgehead atoms. The van der Waals surface area contributed by atoms with Gasteiger partial charge in [-0.2, -0.15) is 5.10 Å². The SMILES string of the molecule is CC(C(=O)Nc1ncc(Cc2ccccc2Cl)s1)n1cccn1. The van der Waals surface area contributed by atoms with Gasteiger partial charge in [0.05, 0.1) is 0 Å². The van der Waals surface area contributed by atoms with Gasteiger partial charge in [0.1, 0.15) is 6.04 Å². The minimum Gasteiger partial charge on any atom is -0.300 e. The first-order valence-electron chi connectivity index (χ1n) is 7.11. The summed E-state index contributed by atoms with van der Waals surface area (Å²) < 4.78 is 1.60. The number of thiazole rings is 1. The molecule has 2 heterocycles. The number of carbonyl (C=O) groups excluding carboxylic acids is 1. The average Bonchev–Trinajstić information content (AvgIpc) is 3.21. The van der Waals surface area contributed by atoms with E-state index in [0.29, 0.717) is 11.6 Å². The Labute approximate surface area is 142 Å². The van der Waals surface area contributed by atoms with E-state index < -0.39 is 0 Å². The summed E-state index contributed by atoms with van der Waals surface area (Å²) in [6.07, 6.45) is 5.87. The summed E-state index contributed by atoms with van der Waals surface area (Å²) in [4.78, 5) is 17.5. The van der Waals surface area contributed by atoms with Gasteiger partial charge >= 0.3 is 0 Å². The highest BCUT2D eigenvalue weighted by Crippen LogP contribution is 2.25. The molecule has 1 atom stereocenters. The lowest BCUT2D eigenvalue weighted by Gasteiger charge is -2.10. The number of benzene rings is 1. The lowest BCUT2D eigenvalue weighted by atomic mass is 10.1. The van der Waals surface area contributed by atoms with Gasteiger partial charge in [-0.05, 0) is 24.6 Å². The number of anilines is 1. The molecule has 2 aromatic heterocycles. The Balaban J connectivity index is 1.65. The molecule has 3 rings (SSSR count). The van der Waals surface area contributed by atoms with Crippen LogP contribution in [0.5, 0.6) is 0 Å². The first-order chi connectivity index (χ1) is 11.1. The number of hydrogen-bond donors (Lipinski definition) is 1. The molecule has 0 radical (unpaired) electrons. The fourth-order valence-corrected chi connectivity index (χ4v) is 3.16. The van der Waals surface area contributed by atoms with Crippen molar-refractivity contribution in [2.45, 2.75) is 19.4 Å². The van der Waals surface area contributed by atoms with Crippen LogP contribution >= 0.6 is 22.9 Å². The van der Waals surface area contributed by atoms with Crippen LogP contribution < -0.4 is 5.32 Å². The Morgan fingerprint density at radius 2 is 2.22 bits per heavy atom. The Morgan fingerprint density at radius 1 is 1.39 bits per heavy atom.